The quantitative estimate of drug-likeness (QED) is 0.160. The molecule has 0 N–H and O–H groups in total. The van der Waals surface area contributed by atoms with Crippen molar-refractivity contribution < 1.29 is 9.15 Å². The predicted molar refractivity (Wildman–Crippen MR) is 231 cm³/mol. The Morgan fingerprint density at radius 2 is 1.18 bits per heavy atom. The SMILES string of the molecule is C1=CC2Oc3c(cccc3N(c3ccccc3)c3ccc4c5c3ccc3ccc(N(c6ccccc6)c6cccc7c6oc6ccccc67)c(c35)CC4)C2C=C1. The van der Waals surface area contributed by atoms with Crippen LogP contribution in [-0.4, -0.2) is 6.10 Å². The van der Waals surface area contributed by atoms with E-state index in [-0.39, 0.29) is 12.0 Å². The van der Waals surface area contributed by atoms with Crippen LogP contribution in [0.25, 0.3) is 43.5 Å². The summed E-state index contributed by atoms with van der Waals surface area (Å²) in [6, 6.07) is 56.9. The molecule has 0 saturated heterocycles. The summed E-state index contributed by atoms with van der Waals surface area (Å²) in [6.07, 6.45) is 10.6. The number of furan rings is 1. The first-order valence-corrected chi connectivity index (χ1v) is 19.6. The standard InChI is InChI=1S/C52H36N2O2/c1-3-13-35(14-4-1)53(45-21-11-19-39-37-17-7-9-23-47(37)55-51(39)45)43-31-27-33-26-30-42-44(32-28-34-25-29-41(43)49(33)50(34)42)54(36-15-5-2-6-16-36)46-22-12-20-40-38-18-8-10-24-48(38)56-52(40)46/h1-25,27-29,31-32,37,47H,26,30H2. The Bertz CT molecular complexity index is 3090. The number of hydrogen-bond acceptors (Lipinski definition) is 4. The van der Waals surface area contributed by atoms with Gasteiger partial charge >= 0.3 is 0 Å². The zero-order chi connectivity index (χ0) is 36.7. The summed E-state index contributed by atoms with van der Waals surface area (Å²) in [4.78, 5) is 4.82. The number of aryl methyl sites for hydroxylation is 2. The van der Waals surface area contributed by atoms with Crippen molar-refractivity contribution >= 4 is 77.6 Å². The Morgan fingerprint density at radius 1 is 0.482 bits per heavy atom. The summed E-state index contributed by atoms with van der Waals surface area (Å²) >= 11 is 0. The first-order valence-electron chi connectivity index (χ1n) is 19.6. The maximum absolute atomic E-state index is 6.79. The van der Waals surface area contributed by atoms with Crippen molar-refractivity contribution in [3.05, 3.63) is 199 Å². The maximum atomic E-state index is 6.79. The number of ether oxygens (including phenoxy) is 1. The van der Waals surface area contributed by atoms with Gasteiger partial charge in [-0.3, -0.25) is 0 Å². The van der Waals surface area contributed by atoms with Crippen LogP contribution in [0.2, 0.25) is 0 Å². The third kappa shape index (κ3) is 4.59. The number of fused-ring (bicyclic) bond motifs is 6. The van der Waals surface area contributed by atoms with Gasteiger partial charge in [-0.2, -0.15) is 0 Å². The molecule has 1 aliphatic heterocycles. The highest BCUT2D eigenvalue weighted by Gasteiger charge is 2.36. The van der Waals surface area contributed by atoms with Crippen LogP contribution in [-0.2, 0) is 12.8 Å². The molecule has 0 radical (unpaired) electrons. The summed E-state index contributed by atoms with van der Waals surface area (Å²) in [7, 11) is 0. The minimum atomic E-state index is 0.00128. The van der Waals surface area contributed by atoms with Crippen LogP contribution in [0.5, 0.6) is 5.75 Å². The summed E-state index contributed by atoms with van der Waals surface area (Å²) in [5, 5.41) is 7.38. The minimum absolute atomic E-state index is 0.00128. The van der Waals surface area contributed by atoms with Gasteiger partial charge in [0.25, 0.3) is 0 Å². The molecule has 2 aliphatic carbocycles. The molecule has 4 nitrogen and oxygen atoms in total. The molecule has 8 aromatic carbocycles. The fourth-order valence-electron chi connectivity index (χ4n) is 9.61. The molecule has 3 aliphatic rings. The van der Waals surface area contributed by atoms with E-state index < -0.39 is 0 Å². The van der Waals surface area contributed by atoms with E-state index in [4.69, 9.17) is 9.15 Å². The molecular formula is C52H36N2O2. The van der Waals surface area contributed by atoms with Gasteiger partial charge in [0, 0.05) is 39.0 Å². The Morgan fingerprint density at radius 3 is 2.04 bits per heavy atom. The second-order valence-electron chi connectivity index (χ2n) is 15.1. The molecule has 12 rings (SSSR count). The molecule has 56 heavy (non-hydrogen) atoms. The van der Waals surface area contributed by atoms with Gasteiger partial charge < -0.3 is 19.0 Å². The molecule has 0 saturated carbocycles. The Labute approximate surface area is 324 Å². The van der Waals surface area contributed by atoms with Gasteiger partial charge in [-0.1, -0.05) is 121 Å². The van der Waals surface area contributed by atoms with Crippen LogP contribution in [0.4, 0.5) is 34.1 Å². The zero-order valence-electron chi connectivity index (χ0n) is 30.6. The van der Waals surface area contributed by atoms with Crippen molar-refractivity contribution in [2.24, 2.45) is 0 Å². The normalized spacial score (nSPS) is 16.4. The molecule has 0 amide bonds. The highest BCUT2D eigenvalue weighted by atomic mass is 16.5. The van der Waals surface area contributed by atoms with E-state index in [0.717, 1.165) is 69.0 Å². The summed E-state index contributed by atoms with van der Waals surface area (Å²) in [6.45, 7) is 0. The van der Waals surface area contributed by atoms with Crippen molar-refractivity contribution in [1.82, 2.24) is 0 Å². The van der Waals surface area contributed by atoms with Crippen molar-refractivity contribution in [3.63, 3.8) is 0 Å². The second-order valence-corrected chi connectivity index (χ2v) is 15.1. The predicted octanol–water partition coefficient (Wildman–Crippen LogP) is 13.9. The van der Waals surface area contributed by atoms with Gasteiger partial charge in [-0.25, -0.2) is 0 Å². The molecule has 4 heteroatoms. The third-order valence-electron chi connectivity index (χ3n) is 12.1. The van der Waals surface area contributed by atoms with E-state index in [2.05, 4.69) is 186 Å². The fraction of sp³-hybridized carbons (Fsp3) is 0.0769. The number of hydrogen-bond donors (Lipinski definition) is 0. The van der Waals surface area contributed by atoms with Crippen molar-refractivity contribution in [2.75, 3.05) is 9.80 Å². The molecule has 2 heterocycles. The summed E-state index contributed by atoms with van der Waals surface area (Å²) < 4.78 is 13.5. The van der Waals surface area contributed by atoms with Crippen molar-refractivity contribution in [3.8, 4) is 5.75 Å². The Hall–Kier alpha value is -7.04. The van der Waals surface area contributed by atoms with E-state index in [1.165, 1.54) is 43.9 Å². The maximum Gasteiger partial charge on any atom is 0.159 e. The van der Waals surface area contributed by atoms with Crippen molar-refractivity contribution in [1.29, 1.82) is 0 Å². The lowest BCUT2D eigenvalue weighted by molar-refractivity contribution is 0.269. The number of para-hydroxylation sites is 5. The van der Waals surface area contributed by atoms with E-state index in [1.807, 2.05) is 6.07 Å². The first-order chi connectivity index (χ1) is 27.8. The number of rotatable bonds is 6. The second kappa shape index (κ2) is 12.2. The number of allylic oxidation sites excluding steroid dienone is 2. The van der Waals surface area contributed by atoms with Crippen LogP contribution in [0.15, 0.2) is 186 Å². The Kier molecular flexibility index (Phi) is 6.85. The molecule has 2 unspecified atom stereocenters. The average molecular weight is 721 g/mol. The van der Waals surface area contributed by atoms with Gasteiger partial charge in [0.05, 0.1) is 22.7 Å². The zero-order valence-corrected chi connectivity index (χ0v) is 30.6. The minimum Gasteiger partial charge on any atom is -0.483 e. The van der Waals surface area contributed by atoms with Gasteiger partial charge in [-0.05, 0) is 101 Å². The highest BCUT2D eigenvalue weighted by molar-refractivity contribution is 6.18. The molecule has 0 fully saturated rings. The lowest BCUT2D eigenvalue weighted by atomic mass is 9.84. The molecule has 0 bridgehead atoms. The van der Waals surface area contributed by atoms with Crippen LogP contribution in [0, 0.1) is 0 Å². The average Bonchev–Trinajstić information content (AvgIpc) is 3.84. The topological polar surface area (TPSA) is 28.9 Å². The van der Waals surface area contributed by atoms with Crippen LogP contribution in [0.3, 0.4) is 0 Å². The van der Waals surface area contributed by atoms with Gasteiger partial charge in [0.2, 0.25) is 0 Å². The molecule has 9 aromatic rings. The summed E-state index contributed by atoms with van der Waals surface area (Å²) in [5.41, 5.74) is 12.4. The van der Waals surface area contributed by atoms with Gasteiger partial charge in [0.15, 0.2) is 5.58 Å². The van der Waals surface area contributed by atoms with Crippen LogP contribution >= 0.6 is 0 Å². The first kappa shape index (κ1) is 31.3. The van der Waals surface area contributed by atoms with Crippen LogP contribution < -0.4 is 14.5 Å². The highest BCUT2D eigenvalue weighted by Crippen LogP contribution is 2.53. The molecule has 0 spiro atoms. The summed E-state index contributed by atoms with van der Waals surface area (Å²) in [5.74, 6) is 1.16. The number of benzene rings is 8. The lowest BCUT2D eigenvalue weighted by Gasteiger charge is -2.32. The monoisotopic (exact) mass is 720 g/mol. The number of anilines is 6. The third-order valence-corrected chi connectivity index (χ3v) is 12.1. The molecular weight excluding hydrogens is 685 g/mol. The smallest absolute Gasteiger partial charge is 0.159 e. The van der Waals surface area contributed by atoms with E-state index in [1.54, 1.807) is 0 Å². The van der Waals surface area contributed by atoms with E-state index in [0.29, 0.717) is 0 Å². The molecule has 1 aromatic heterocycles. The fourth-order valence-corrected chi connectivity index (χ4v) is 9.61. The Balaban J connectivity index is 1.10. The largest absolute Gasteiger partial charge is 0.483 e. The van der Waals surface area contributed by atoms with Gasteiger partial charge in [0.1, 0.15) is 17.4 Å². The van der Waals surface area contributed by atoms with Gasteiger partial charge in [-0.15, -0.1) is 0 Å². The van der Waals surface area contributed by atoms with E-state index in [9.17, 15) is 0 Å². The van der Waals surface area contributed by atoms with Crippen LogP contribution in [0.1, 0.15) is 22.6 Å². The van der Waals surface area contributed by atoms with Crippen molar-refractivity contribution in [2.45, 2.75) is 24.9 Å². The number of nitrogens with zero attached hydrogens (tertiary/aromatic N) is 2. The molecule has 266 valence electrons. The van der Waals surface area contributed by atoms with E-state index >= 15 is 0 Å². The lowest BCUT2D eigenvalue weighted by Crippen LogP contribution is -2.16. The molecule has 2 atom stereocenters.